The highest BCUT2D eigenvalue weighted by molar-refractivity contribution is 7.80. The van der Waals surface area contributed by atoms with Crippen LogP contribution in [0.4, 0.5) is 0 Å². The average molecular weight is 293 g/mol. The van der Waals surface area contributed by atoms with E-state index >= 15 is 0 Å². The Morgan fingerprint density at radius 1 is 1.40 bits per heavy atom. The first-order valence-corrected chi connectivity index (χ1v) is 6.83. The topological polar surface area (TPSA) is 62.7 Å². The summed E-state index contributed by atoms with van der Waals surface area (Å²) in [5.74, 6) is -0.354. The van der Waals surface area contributed by atoms with Crippen molar-refractivity contribution < 1.29 is 9.53 Å². The first kappa shape index (κ1) is 16.1. The molecule has 5 nitrogen and oxygen atoms in total. The summed E-state index contributed by atoms with van der Waals surface area (Å²) in [6.07, 6.45) is 3.82. The van der Waals surface area contributed by atoms with Crippen LogP contribution in [-0.2, 0) is 4.74 Å². The standard InChI is InChI=1S/C14H19N3O2S/c1-3-4-9-15-14(20)17-16-10-11-5-7-12(8-6-11)13(18)19-2/h5-8,10H,3-4,9H2,1-2H3,(H2,15,17,20). The first-order chi connectivity index (χ1) is 9.67. The van der Waals surface area contributed by atoms with Crippen molar-refractivity contribution in [2.45, 2.75) is 19.8 Å². The van der Waals surface area contributed by atoms with Gasteiger partial charge >= 0.3 is 5.97 Å². The van der Waals surface area contributed by atoms with Gasteiger partial charge in [0.05, 0.1) is 18.9 Å². The number of unbranched alkanes of at least 4 members (excludes halogenated alkanes) is 1. The Balaban J connectivity index is 2.42. The average Bonchev–Trinajstić information content (AvgIpc) is 2.47. The molecule has 0 spiro atoms. The van der Waals surface area contributed by atoms with Gasteiger partial charge in [-0.05, 0) is 36.3 Å². The maximum absolute atomic E-state index is 11.3. The van der Waals surface area contributed by atoms with Crippen molar-refractivity contribution in [2.24, 2.45) is 5.10 Å². The number of nitrogens with one attached hydrogen (secondary N) is 2. The van der Waals surface area contributed by atoms with Crippen molar-refractivity contribution in [3.05, 3.63) is 35.4 Å². The van der Waals surface area contributed by atoms with Crippen LogP contribution in [0.2, 0.25) is 0 Å². The lowest BCUT2D eigenvalue weighted by Crippen LogP contribution is -2.32. The van der Waals surface area contributed by atoms with Gasteiger partial charge < -0.3 is 10.1 Å². The molecule has 1 aromatic carbocycles. The van der Waals surface area contributed by atoms with Gasteiger partial charge in [-0.15, -0.1) is 0 Å². The number of nitrogens with zero attached hydrogens (tertiary/aromatic N) is 1. The quantitative estimate of drug-likeness (QED) is 0.276. The number of ether oxygens (including phenoxy) is 1. The van der Waals surface area contributed by atoms with Crippen LogP contribution in [0, 0.1) is 0 Å². The van der Waals surface area contributed by atoms with Gasteiger partial charge in [-0.2, -0.15) is 5.10 Å². The van der Waals surface area contributed by atoms with Gasteiger partial charge in [-0.1, -0.05) is 25.5 Å². The zero-order chi connectivity index (χ0) is 14.8. The summed E-state index contributed by atoms with van der Waals surface area (Å²) in [7, 11) is 1.36. The summed E-state index contributed by atoms with van der Waals surface area (Å²) >= 11 is 5.06. The van der Waals surface area contributed by atoms with E-state index in [2.05, 4.69) is 27.5 Å². The zero-order valence-electron chi connectivity index (χ0n) is 11.7. The van der Waals surface area contributed by atoms with Crippen LogP contribution >= 0.6 is 12.2 Å². The molecule has 0 fully saturated rings. The van der Waals surface area contributed by atoms with E-state index in [0.717, 1.165) is 24.9 Å². The second kappa shape index (κ2) is 9.03. The molecule has 0 unspecified atom stereocenters. The number of thiocarbonyl (C=S) groups is 1. The molecule has 0 amide bonds. The van der Waals surface area contributed by atoms with Crippen molar-refractivity contribution in [1.82, 2.24) is 10.7 Å². The fourth-order valence-corrected chi connectivity index (χ4v) is 1.56. The fourth-order valence-electron chi connectivity index (χ4n) is 1.41. The number of carbonyl (C=O) groups excluding carboxylic acids is 1. The van der Waals surface area contributed by atoms with E-state index < -0.39 is 0 Å². The molecule has 0 aliphatic heterocycles. The molecule has 6 heteroatoms. The van der Waals surface area contributed by atoms with Crippen LogP contribution in [-0.4, -0.2) is 31.0 Å². The predicted octanol–water partition coefficient (Wildman–Crippen LogP) is 2.07. The SMILES string of the molecule is CCCCNC(=S)NN=Cc1ccc(C(=O)OC)cc1. The third-order valence-electron chi connectivity index (χ3n) is 2.53. The van der Waals surface area contributed by atoms with Gasteiger partial charge in [0.2, 0.25) is 0 Å². The maximum atomic E-state index is 11.3. The summed E-state index contributed by atoms with van der Waals surface area (Å²) in [6, 6.07) is 6.94. The summed E-state index contributed by atoms with van der Waals surface area (Å²) in [5.41, 5.74) is 4.11. The molecular weight excluding hydrogens is 274 g/mol. The third kappa shape index (κ3) is 5.79. The minimum Gasteiger partial charge on any atom is -0.465 e. The normalized spacial score (nSPS) is 10.3. The number of hydrogen-bond donors (Lipinski definition) is 2. The molecule has 20 heavy (non-hydrogen) atoms. The van der Waals surface area contributed by atoms with Gasteiger partial charge in [0.25, 0.3) is 0 Å². The van der Waals surface area contributed by atoms with E-state index in [4.69, 9.17) is 12.2 Å². The molecule has 0 saturated heterocycles. The van der Waals surface area contributed by atoms with E-state index in [9.17, 15) is 4.79 Å². The molecule has 0 bridgehead atoms. The van der Waals surface area contributed by atoms with Crippen molar-refractivity contribution in [1.29, 1.82) is 0 Å². The van der Waals surface area contributed by atoms with Crippen molar-refractivity contribution in [3.63, 3.8) is 0 Å². The molecular formula is C14H19N3O2S. The van der Waals surface area contributed by atoms with Crippen LogP contribution in [0.1, 0.15) is 35.7 Å². The summed E-state index contributed by atoms with van der Waals surface area (Å²) in [4.78, 5) is 11.3. The monoisotopic (exact) mass is 293 g/mol. The lowest BCUT2D eigenvalue weighted by atomic mass is 10.1. The smallest absolute Gasteiger partial charge is 0.337 e. The highest BCUT2D eigenvalue weighted by Gasteiger charge is 2.03. The predicted molar refractivity (Wildman–Crippen MR) is 84.0 cm³/mol. The molecule has 0 atom stereocenters. The molecule has 0 aliphatic rings. The zero-order valence-corrected chi connectivity index (χ0v) is 12.5. The van der Waals surface area contributed by atoms with Crippen LogP contribution in [0.3, 0.4) is 0 Å². The van der Waals surface area contributed by atoms with Gasteiger partial charge in [-0.3, -0.25) is 5.43 Å². The minimum atomic E-state index is -0.354. The number of hydrogen-bond acceptors (Lipinski definition) is 4. The second-order valence-corrected chi connectivity index (χ2v) is 4.50. The van der Waals surface area contributed by atoms with Gasteiger partial charge in [0, 0.05) is 6.54 Å². The first-order valence-electron chi connectivity index (χ1n) is 6.42. The highest BCUT2D eigenvalue weighted by Crippen LogP contribution is 2.03. The van der Waals surface area contributed by atoms with Gasteiger partial charge in [0.15, 0.2) is 5.11 Å². The van der Waals surface area contributed by atoms with E-state index in [-0.39, 0.29) is 5.97 Å². The number of carbonyl (C=O) groups is 1. The second-order valence-electron chi connectivity index (χ2n) is 4.09. The molecule has 108 valence electrons. The van der Waals surface area contributed by atoms with Crippen molar-refractivity contribution >= 4 is 29.5 Å². The third-order valence-corrected chi connectivity index (χ3v) is 2.76. The highest BCUT2D eigenvalue weighted by atomic mass is 32.1. The molecule has 0 aliphatic carbocycles. The number of benzene rings is 1. The molecule has 1 rings (SSSR count). The van der Waals surface area contributed by atoms with Crippen LogP contribution in [0.5, 0.6) is 0 Å². The lowest BCUT2D eigenvalue weighted by Gasteiger charge is -2.05. The van der Waals surface area contributed by atoms with Gasteiger partial charge in [0.1, 0.15) is 0 Å². The van der Waals surface area contributed by atoms with Crippen LogP contribution < -0.4 is 10.7 Å². The Morgan fingerprint density at radius 3 is 2.70 bits per heavy atom. The Hall–Kier alpha value is -1.95. The van der Waals surface area contributed by atoms with Crippen LogP contribution in [0.25, 0.3) is 0 Å². The molecule has 1 aromatic rings. The van der Waals surface area contributed by atoms with E-state index in [0.29, 0.717) is 10.7 Å². The van der Waals surface area contributed by atoms with E-state index in [1.165, 1.54) is 7.11 Å². The number of methoxy groups -OCH3 is 1. The Bertz CT molecular complexity index is 472. The maximum Gasteiger partial charge on any atom is 0.337 e. The molecule has 2 N–H and O–H groups in total. The summed E-state index contributed by atoms with van der Waals surface area (Å²) in [6.45, 7) is 2.96. The van der Waals surface area contributed by atoms with Crippen molar-refractivity contribution in [2.75, 3.05) is 13.7 Å². The minimum absolute atomic E-state index is 0.354. The van der Waals surface area contributed by atoms with Gasteiger partial charge in [-0.25, -0.2) is 4.79 Å². The molecule has 0 radical (unpaired) electrons. The van der Waals surface area contributed by atoms with E-state index in [1.54, 1.807) is 30.5 Å². The Kier molecular flexibility index (Phi) is 7.27. The Morgan fingerprint density at radius 2 is 2.10 bits per heavy atom. The molecule has 0 heterocycles. The fraction of sp³-hybridized carbons (Fsp3) is 0.357. The summed E-state index contributed by atoms with van der Waals surface area (Å²) < 4.78 is 4.63. The van der Waals surface area contributed by atoms with Crippen LogP contribution in [0.15, 0.2) is 29.4 Å². The summed E-state index contributed by atoms with van der Waals surface area (Å²) in [5, 5.41) is 7.57. The number of esters is 1. The Labute approximate surface area is 124 Å². The van der Waals surface area contributed by atoms with E-state index in [1.807, 2.05) is 0 Å². The van der Waals surface area contributed by atoms with Crippen molar-refractivity contribution in [3.8, 4) is 0 Å². The molecule has 0 aromatic heterocycles. The largest absolute Gasteiger partial charge is 0.465 e. The lowest BCUT2D eigenvalue weighted by molar-refractivity contribution is 0.0601. The number of rotatable bonds is 6. The number of hydrazone groups is 1. The molecule has 0 saturated carbocycles.